The summed E-state index contributed by atoms with van der Waals surface area (Å²) in [5, 5.41) is 10.9. The van der Waals surface area contributed by atoms with Crippen molar-refractivity contribution in [2.75, 3.05) is 0 Å². The fourth-order valence-corrected chi connectivity index (χ4v) is 10.2. The molecule has 0 aliphatic rings. The van der Waals surface area contributed by atoms with E-state index in [9.17, 15) is 0 Å². The summed E-state index contributed by atoms with van der Waals surface area (Å²) < 4.78 is 0. The molecular weight excluding hydrogens is 881 g/mol. The third-order valence-corrected chi connectivity index (χ3v) is 13.6. The number of hydrogen-bond acceptors (Lipinski definition) is 8. The number of nitrogens with zero attached hydrogens (tertiary/aromatic N) is 8. The van der Waals surface area contributed by atoms with Gasteiger partial charge in [0.1, 0.15) is 0 Å². The molecule has 0 unspecified atom stereocenters. The van der Waals surface area contributed by atoms with Crippen LogP contribution in [0.3, 0.4) is 0 Å². The van der Waals surface area contributed by atoms with Crippen LogP contribution in [-0.2, 0) is 0 Å². The minimum atomic E-state index is 0.576. The Kier molecular flexibility index (Phi) is 9.67. The zero-order chi connectivity index (χ0) is 47.5. The van der Waals surface area contributed by atoms with Crippen LogP contribution in [0.2, 0.25) is 0 Å². The molecule has 4 heterocycles. The van der Waals surface area contributed by atoms with Crippen molar-refractivity contribution in [3.05, 3.63) is 231 Å². The lowest BCUT2D eigenvalue weighted by Crippen LogP contribution is -2.02. The highest BCUT2D eigenvalue weighted by atomic mass is 15.0. The molecule has 0 N–H and O–H groups in total. The Balaban J connectivity index is 0.974. The van der Waals surface area contributed by atoms with Crippen molar-refractivity contribution in [1.82, 2.24) is 39.9 Å². The van der Waals surface area contributed by atoms with E-state index in [-0.39, 0.29) is 0 Å². The Morgan fingerprint density at radius 1 is 0.222 bits per heavy atom. The largest absolute Gasteiger partial charge is 0.256 e. The second-order valence-corrected chi connectivity index (χ2v) is 17.9. The van der Waals surface area contributed by atoms with E-state index in [1.807, 2.05) is 60.9 Å². The average molecular weight is 919 g/mol. The van der Waals surface area contributed by atoms with Crippen molar-refractivity contribution in [3.63, 3.8) is 0 Å². The zero-order valence-corrected chi connectivity index (χ0v) is 38.5. The maximum absolute atomic E-state index is 5.34. The lowest BCUT2D eigenvalue weighted by molar-refractivity contribution is 1.08. The van der Waals surface area contributed by atoms with E-state index in [2.05, 4.69) is 180 Å². The number of fused-ring (bicyclic) bond motifs is 2. The van der Waals surface area contributed by atoms with E-state index in [0.29, 0.717) is 34.9 Å². The SMILES string of the molecule is c1ccc(-c2cccc(-c3nc(-c4cccc5ccccc45)nc(-c4ccc5ccc6c(-c7nc(-c8cccc(-c9ccccn9)c8)nc(-c8cccc9ccccc89)n7)ccc7ccc4c5c76)n3)c2)nc1. The van der Waals surface area contributed by atoms with E-state index >= 15 is 0 Å². The van der Waals surface area contributed by atoms with Gasteiger partial charge < -0.3 is 0 Å². The summed E-state index contributed by atoms with van der Waals surface area (Å²) in [7, 11) is 0. The molecule has 0 saturated heterocycles. The van der Waals surface area contributed by atoms with Crippen LogP contribution in [0.5, 0.6) is 0 Å². The smallest absolute Gasteiger partial charge is 0.164 e. The minimum Gasteiger partial charge on any atom is -0.256 e. The quantitative estimate of drug-likeness (QED) is 0.139. The van der Waals surface area contributed by atoms with Gasteiger partial charge >= 0.3 is 0 Å². The van der Waals surface area contributed by atoms with Gasteiger partial charge in [-0.3, -0.25) is 9.97 Å². The lowest BCUT2D eigenvalue weighted by atomic mass is 9.89. The molecule has 14 rings (SSSR count). The van der Waals surface area contributed by atoms with Crippen LogP contribution in [0.1, 0.15) is 0 Å². The first-order chi connectivity index (χ1) is 35.7. The first-order valence-electron chi connectivity index (χ1n) is 23.9. The molecule has 8 nitrogen and oxygen atoms in total. The summed E-state index contributed by atoms with van der Waals surface area (Å²) in [6.45, 7) is 0. The van der Waals surface area contributed by atoms with Gasteiger partial charge in [-0.05, 0) is 102 Å². The van der Waals surface area contributed by atoms with Crippen molar-refractivity contribution >= 4 is 53.9 Å². The maximum Gasteiger partial charge on any atom is 0.164 e. The van der Waals surface area contributed by atoms with Gasteiger partial charge in [-0.15, -0.1) is 0 Å². The van der Waals surface area contributed by atoms with Gasteiger partial charge in [0.2, 0.25) is 0 Å². The van der Waals surface area contributed by atoms with Gasteiger partial charge in [0.25, 0.3) is 0 Å². The first-order valence-corrected chi connectivity index (χ1v) is 23.9. The van der Waals surface area contributed by atoms with Gasteiger partial charge in [0, 0.05) is 56.9 Å². The summed E-state index contributed by atoms with van der Waals surface area (Å²) in [5.74, 6) is 3.51. The summed E-state index contributed by atoms with van der Waals surface area (Å²) in [4.78, 5) is 41.0. The molecule has 0 saturated carbocycles. The molecule has 4 aromatic heterocycles. The van der Waals surface area contributed by atoms with Crippen molar-refractivity contribution in [2.24, 2.45) is 0 Å². The van der Waals surface area contributed by atoms with E-state index in [1.54, 1.807) is 0 Å². The van der Waals surface area contributed by atoms with Crippen molar-refractivity contribution < 1.29 is 0 Å². The zero-order valence-electron chi connectivity index (χ0n) is 38.5. The summed E-state index contributed by atoms with van der Waals surface area (Å²) in [6.07, 6.45) is 3.63. The molecule has 0 aliphatic heterocycles. The highest BCUT2D eigenvalue weighted by molar-refractivity contribution is 6.27. The molecule has 0 bridgehead atoms. The number of pyridine rings is 2. The molecule has 0 aliphatic carbocycles. The van der Waals surface area contributed by atoms with E-state index in [4.69, 9.17) is 29.9 Å². The van der Waals surface area contributed by atoms with Crippen LogP contribution in [0, 0.1) is 0 Å². The molecular formula is C64H38N8. The minimum absolute atomic E-state index is 0.576. The van der Waals surface area contributed by atoms with Gasteiger partial charge in [-0.25, -0.2) is 29.9 Å². The number of aromatic nitrogens is 8. The Hall–Kier alpha value is -9.92. The van der Waals surface area contributed by atoms with Crippen LogP contribution in [0.15, 0.2) is 231 Å². The van der Waals surface area contributed by atoms with Crippen molar-refractivity contribution in [1.29, 1.82) is 0 Å². The third kappa shape index (κ3) is 7.08. The van der Waals surface area contributed by atoms with Crippen LogP contribution in [0.4, 0.5) is 0 Å². The lowest BCUT2D eigenvalue weighted by Gasteiger charge is -2.17. The maximum atomic E-state index is 5.34. The van der Waals surface area contributed by atoms with Crippen molar-refractivity contribution in [3.8, 4) is 90.8 Å². The van der Waals surface area contributed by atoms with E-state index < -0.39 is 0 Å². The Morgan fingerprint density at radius 3 is 1.03 bits per heavy atom. The monoisotopic (exact) mass is 918 g/mol. The molecule has 0 atom stereocenters. The predicted molar refractivity (Wildman–Crippen MR) is 291 cm³/mol. The average Bonchev–Trinajstić information content (AvgIpc) is 3.46. The second-order valence-electron chi connectivity index (χ2n) is 17.9. The number of hydrogen-bond donors (Lipinski definition) is 0. The van der Waals surface area contributed by atoms with Crippen LogP contribution >= 0.6 is 0 Å². The fourth-order valence-electron chi connectivity index (χ4n) is 10.2. The number of benzene rings is 10. The van der Waals surface area contributed by atoms with Gasteiger partial charge in [-0.2, -0.15) is 0 Å². The summed E-state index contributed by atoms with van der Waals surface area (Å²) in [6, 6.07) is 75.2. The molecule has 14 aromatic rings. The molecule has 0 spiro atoms. The van der Waals surface area contributed by atoms with Crippen LogP contribution in [0.25, 0.3) is 145 Å². The van der Waals surface area contributed by atoms with Crippen LogP contribution in [-0.4, -0.2) is 39.9 Å². The molecule has 8 heteroatoms. The van der Waals surface area contributed by atoms with Gasteiger partial charge in [0.15, 0.2) is 34.9 Å². The summed E-state index contributed by atoms with van der Waals surface area (Å²) in [5.41, 5.74) is 9.13. The molecule has 334 valence electrons. The Bertz CT molecular complexity index is 4110. The number of rotatable bonds is 8. The molecule has 0 fully saturated rings. The molecule has 10 aromatic carbocycles. The molecule has 72 heavy (non-hydrogen) atoms. The predicted octanol–water partition coefficient (Wildman–Crippen LogP) is 15.4. The highest BCUT2D eigenvalue weighted by Crippen LogP contribution is 2.43. The second kappa shape index (κ2) is 16.9. The topological polar surface area (TPSA) is 103 Å². The normalized spacial score (nSPS) is 11.6. The Morgan fingerprint density at radius 2 is 0.583 bits per heavy atom. The highest BCUT2D eigenvalue weighted by Gasteiger charge is 2.22. The van der Waals surface area contributed by atoms with E-state index in [0.717, 1.165) is 110 Å². The molecule has 0 amide bonds. The van der Waals surface area contributed by atoms with E-state index in [1.165, 1.54) is 0 Å². The molecule has 0 radical (unpaired) electrons. The Labute approximate surface area is 413 Å². The first kappa shape index (κ1) is 41.1. The van der Waals surface area contributed by atoms with Gasteiger partial charge in [0.05, 0.1) is 11.4 Å². The standard InChI is InChI=1S/C64H38N8/c1-3-21-47-39(13-1)15-11-23-51(47)61-67-59(45-19-9-17-43(37-45)55-25-5-7-35-65-55)69-63(71-61)53-33-29-41-28-32-50-54(34-30-42-27-31-49(53)57(41)58(42)50)64-70-60(46-20-10-18-44(38-46)56-26-6-8-36-66-56)68-62(72-64)52-24-12-16-40-14-2-4-22-48(40)52/h1-38H. The fraction of sp³-hybridized carbons (Fsp3) is 0. The van der Waals surface area contributed by atoms with Gasteiger partial charge in [-0.1, -0.05) is 170 Å². The third-order valence-electron chi connectivity index (χ3n) is 13.6. The van der Waals surface area contributed by atoms with Crippen LogP contribution < -0.4 is 0 Å². The van der Waals surface area contributed by atoms with Crippen molar-refractivity contribution in [2.45, 2.75) is 0 Å². The summed E-state index contributed by atoms with van der Waals surface area (Å²) >= 11 is 0.